The van der Waals surface area contributed by atoms with Crippen molar-refractivity contribution in [2.24, 2.45) is 7.05 Å². The smallest absolute Gasteiger partial charge is 0.186 e. The monoisotopic (exact) mass is 268 g/mol. The Hall–Kier alpha value is -2.43. The number of carbonyl (C=O) groups is 1. The van der Waals surface area contributed by atoms with Crippen molar-refractivity contribution < 1.29 is 4.79 Å². The van der Waals surface area contributed by atoms with Crippen LogP contribution in [0.25, 0.3) is 10.9 Å². The normalized spacial score (nSPS) is 11.1. The summed E-state index contributed by atoms with van der Waals surface area (Å²) in [5.41, 5.74) is 2.51. The number of Topliss-reactive ketones (excluding diaryl/α,β-unsaturated/α-hetero) is 1. The first kappa shape index (κ1) is 12.6. The molecule has 0 aliphatic carbocycles. The van der Waals surface area contributed by atoms with Gasteiger partial charge in [-0.25, -0.2) is 4.98 Å². The van der Waals surface area contributed by atoms with Gasteiger partial charge in [0.15, 0.2) is 5.78 Å². The molecule has 3 aromatic rings. The molecule has 0 aliphatic rings. The maximum Gasteiger partial charge on any atom is 0.186 e. The van der Waals surface area contributed by atoms with Gasteiger partial charge in [0.05, 0.1) is 30.2 Å². The van der Waals surface area contributed by atoms with Gasteiger partial charge in [-0.05, 0) is 13.0 Å². The summed E-state index contributed by atoms with van der Waals surface area (Å²) >= 11 is 0. The summed E-state index contributed by atoms with van der Waals surface area (Å²) in [5, 5.41) is 5.60. The van der Waals surface area contributed by atoms with Crippen molar-refractivity contribution in [2.45, 2.75) is 19.9 Å². The number of fused-ring (bicyclic) bond motifs is 1. The van der Waals surface area contributed by atoms with Crippen LogP contribution in [0.2, 0.25) is 0 Å². The van der Waals surface area contributed by atoms with Gasteiger partial charge >= 0.3 is 0 Å². The molecule has 0 saturated carbocycles. The van der Waals surface area contributed by atoms with Crippen LogP contribution in [0.5, 0.6) is 0 Å². The molecule has 3 rings (SSSR count). The Morgan fingerprint density at radius 2 is 2.10 bits per heavy atom. The summed E-state index contributed by atoms with van der Waals surface area (Å²) in [5.74, 6) is 0.0384. The second kappa shape index (κ2) is 4.92. The molecule has 0 saturated heterocycles. The van der Waals surface area contributed by atoms with Gasteiger partial charge in [-0.15, -0.1) is 0 Å². The zero-order chi connectivity index (χ0) is 14.1. The fourth-order valence-electron chi connectivity index (χ4n) is 2.44. The van der Waals surface area contributed by atoms with E-state index >= 15 is 0 Å². The van der Waals surface area contributed by atoms with Crippen LogP contribution >= 0.6 is 0 Å². The second-order valence-electron chi connectivity index (χ2n) is 4.77. The van der Waals surface area contributed by atoms with Gasteiger partial charge in [-0.2, -0.15) is 5.10 Å². The Balaban J connectivity index is 1.99. The van der Waals surface area contributed by atoms with Crippen LogP contribution in [0.3, 0.4) is 0 Å². The summed E-state index contributed by atoms with van der Waals surface area (Å²) in [6.07, 6.45) is 3.53. The third kappa shape index (κ3) is 2.01. The highest BCUT2D eigenvalue weighted by Gasteiger charge is 2.16. The Kier molecular flexibility index (Phi) is 3.10. The fourth-order valence-corrected chi connectivity index (χ4v) is 2.44. The molecular weight excluding hydrogens is 252 g/mol. The highest BCUT2D eigenvalue weighted by molar-refractivity contribution is 5.98. The topological polar surface area (TPSA) is 52.7 Å². The summed E-state index contributed by atoms with van der Waals surface area (Å²) in [6.45, 7) is 2.84. The van der Waals surface area contributed by atoms with E-state index in [1.54, 1.807) is 17.1 Å². The molecule has 0 spiro atoms. The molecule has 20 heavy (non-hydrogen) atoms. The molecule has 0 bridgehead atoms. The van der Waals surface area contributed by atoms with Crippen LogP contribution in [0.15, 0.2) is 36.8 Å². The van der Waals surface area contributed by atoms with Gasteiger partial charge < -0.3 is 4.57 Å². The first-order valence-corrected chi connectivity index (χ1v) is 6.64. The van der Waals surface area contributed by atoms with E-state index in [9.17, 15) is 4.79 Å². The zero-order valence-corrected chi connectivity index (χ0v) is 11.6. The molecule has 0 amide bonds. The van der Waals surface area contributed by atoms with E-state index in [-0.39, 0.29) is 5.78 Å². The van der Waals surface area contributed by atoms with E-state index < -0.39 is 0 Å². The average molecular weight is 268 g/mol. The minimum atomic E-state index is 0.0384. The standard InChI is InChI=1S/C15H16N4O/c1-3-19-13-7-5-4-6-11(13)12(17-19)8-15(20)14-9-16-10-18(14)2/h4-7,9-10H,3,8H2,1-2H3. The molecule has 0 fully saturated rings. The predicted octanol–water partition coefficient (Wildman–Crippen LogP) is 2.22. The fraction of sp³-hybridized carbons (Fsp3) is 0.267. The van der Waals surface area contributed by atoms with E-state index in [0.717, 1.165) is 23.1 Å². The van der Waals surface area contributed by atoms with Crippen LogP contribution in [0.1, 0.15) is 23.1 Å². The molecule has 5 heteroatoms. The number of aromatic nitrogens is 4. The molecule has 0 atom stereocenters. The lowest BCUT2D eigenvalue weighted by Gasteiger charge is -1.99. The van der Waals surface area contributed by atoms with Crippen molar-refractivity contribution in [1.29, 1.82) is 0 Å². The largest absolute Gasteiger partial charge is 0.331 e. The lowest BCUT2D eigenvalue weighted by Crippen LogP contribution is -2.09. The SMILES string of the molecule is CCn1nc(CC(=O)c2cncn2C)c2ccccc21. The van der Waals surface area contributed by atoms with Crippen molar-refractivity contribution in [3.05, 3.63) is 48.2 Å². The molecule has 0 aliphatic heterocycles. The van der Waals surface area contributed by atoms with Gasteiger partial charge in [-0.1, -0.05) is 18.2 Å². The summed E-state index contributed by atoms with van der Waals surface area (Å²) in [6, 6.07) is 8.01. The number of hydrogen-bond acceptors (Lipinski definition) is 3. The van der Waals surface area contributed by atoms with E-state index in [1.807, 2.05) is 42.9 Å². The van der Waals surface area contributed by atoms with E-state index in [2.05, 4.69) is 10.1 Å². The number of para-hydroxylation sites is 1. The minimum Gasteiger partial charge on any atom is -0.331 e. The van der Waals surface area contributed by atoms with E-state index in [0.29, 0.717) is 12.1 Å². The van der Waals surface area contributed by atoms with Crippen molar-refractivity contribution >= 4 is 16.7 Å². The summed E-state index contributed by atoms with van der Waals surface area (Å²) in [4.78, 5) is 16.3. The number of aryl methyl sites for hydroxylation is 2. The highest BCUT2D eigenvalue weighted by atomic mass is 16.1. The Morgan fingerprint density at radius 3 is 2.80 bits per heavy atom. The molecule has 102 valence electrons. The van der Waals surface area contributed by atoms with Crippen molar-refractivity contribution in [3.8, 4) is 0 Å². The van der Waals surface area contributed by atoms with Crippen molar-refractivity contribution in [2.75, 3.05) is 0 Å². The minimum absolute atomic E-state index is 0.0384. The number of imidazole rings is 1. The van der Waals surface area contributed by atoms with Crippen molar-refractivity contribution in [1.82, 2.24) is 19.3 Å². The predicted molar refractivity (Wildman–Crippen MR) is 76.6 cm³/mol. The number of benzene rings is 1. The molecule has 2 heterocycles. The van der Waals surface area contributed by atoms with E-state index in [4.69, 9.17) is 0 Å². The first-order chi connectivity index (χ1) is 9.70. The molecule has 0 unspecified atom stereocenters. The van der Waals surface area contributed by atoms with Gasteiger partial charge in [-0.3, -0.25) is 9.48 Å². The Labute approximate surface area is 116 Å². The van der Waals surface area contributed by atoms with Gasteiger partial charge in [0.2, 0.25) is 0 Å². The number of nitrogens with zero attached hydrogens (tertiary/aromatic N) is 4. The molecular formula is C15H16N4O. The molecule has 2 aromatic heterocycles. The lowest BCUT2D eigenvalue weighted by atomic mass is 10.1. The number of ketones is 1. The van der Waals surface area contributed by atoms with Crippen LogP contribution in [-0.4, -0.2) is 25.1 Å². The number of carbonyl (C=O) groups excluding carboxylic acids is 1. The van der Waals surface area contributed by atoms with Gasteiger partial charge in [0, 0.05) is 19.0 Å². The quantitative estimate of drug-likeness (QED) is 0.682. The summed E-state index contributed by atoms with van der Waals surface area (Å²) in [7, 11) is 1.82. The average Bonchev–Trinajstić information content (AvgIpc) is 3.03. The zero-order valence-electron chi connectivity index (χ0n) is 11.6. The van der Waals surface area contributed by atoms with Crippen LogP contribution in [-0.2, 0) is 20.0 Å². The van der Waals surface area contributed by atoms with Crippen LogP contribution in [0.4, 0.5) is 0 Å². The van der Waals surface area contributed by atoms with Crippen LogP contribution in [0, 0.1) is 0 Å². The second-order valence-corrected chi connectivity index (χ2v) is 4.77. The van der Waals surface area contributed by atoms with Gasteiger partial charge in [0.25, 0.3) is 0 Å². The number of rotatable bonds is 4. The Morgan fingerprint density at radius 1 is 1.30 bits per heavy atom. The molecule has 1 aromatic carbocycles. The van der Waals surface area contributed by atoms with E-state index in [1.165, 1.54) is 0 Å². The lowest BCUT2D eigenvalue weighted by molar-refractivity contribution is 0.0984. The number of hydrogen-bond donors (Lipinski definition) is 0. The maximum absolute atomic E-state index is 12.3. The van der Waals surface area contributed by atoms with Crippen molar-refractivity contribution in [3.63, 3.8) is 0 Å². The van der Waals surface area contributed by atoms with Crippen LogP contribution < -0.4 is 0 Å². The highest BCUT2D eigenvalue weighted by Crippen LogP contribution is 2.19. The Bertz CT molecular complexity index is 769. The molecule has 0 radical (unpaired) electrons. The third-order valence-corrected chi connectivity index (χ3v) is 3.46. The van der Waals surface area contributed by atoms with Gasteiger partial charge in [0.1, 0.15) is 5.69 Å². The maximum atomic E-state index is 12.3. The molecule has 0 N–H and O–H groups in total. The first-order valence-electron chi connectivity index (χ1n) is 6.64. The summed E-state index contributed by atoms with van der Waals surface area (Å²) < 4.78 is 3.67. The molecule has 5 nitrogen and oxygen atoms in total. The third-order valence-electron chi connectivity index (χ3n) is 3.46.